The van der Waals surface area contributed by atoms with Crippen molar-refractivity contribution in [3.05, 3.63) is 60.0 Å². The maximum absolute atomic E-state index is 5.57. The lowest BCUT2D eigenvalue weighted by atomic mass is 10.0. The summed E-state index contributed by atoms with van der Waals surface area (Å²) in [5.74, 6) is 1.76. The van der Waals surface area contributed by atoms with Gasteiger partial charge in [-0.25, -0.2) is 9.98 Å². The minimum Gasteiger partial charge on any atom is -0.495 e. The summed E-state index contributed by atoms with van der Waals surface area (Å²) in [6.45, 7) is 7.49. The fourth-order valence-electron chi connectivity index (χ4n) is 4.15. The Balaban J connectivity index is 1.45. The Labute approximate surface area is 184 Å². The first kappa shape index (κ1) is 21.0. The van der Waals surface area contributed by atoms with E-state index >= 15 is 0 Å². The fraction of sp³-hybridized carbons (Fsp3) is 0.417. The van der Waals surface area contributed by atoms with E-state index in [9.17, 15) is 0 Å². The number of nitrogens with one attached hydrogen (secondary N) is 2. The number of benzene rings is 1. The van der Waals surface area contributed by atoms with Crippen LogP contribution in [-0.2, 0) is 6.54 Å². The minimum absolute atomic E-state index is 0.319. The number of hydrogen-bond donors (Lipinski definition) is 2. The lowest BCUT2D eigenvalue weighted by Gasteiger charge is -2.36. The zero-order chi connectivity index (χ0) is 21.6. The van der Waals surface area contributed by atoms with Gasteiger partial charge in [-0.2, -0.15) is 0 Å². The molecule has 31 heavy (non-hydrogen) atoms. The van der Waals surface area contributed by atoms with Crippen molar-refractivity contribution in [1.29, 1.82) is 0 Å². The highest BCUT2D eigenvalue weighted by atomic mass is 16.5. The first-order chi connectivity index (χ1) is 15.2. The third-order valence-corrected chi connectivity index (χ3v) is 5.68. The zero-order valence-corrected chi connectivity index (χ0v) is 18.6. The molecule has 4 rings (SSSR count). The van der Waals surface area contributed by atoms with Crippen molar-refractivity contribution in [2.24, 2.45) is 4.99 Å². The van der Waals surface area contributed by atoms with Crippen LogP contribution in [0.3, 0.4) is 0 Å². The van der Waals surface area contributed by atoms with Gasteiger partial charge in [0.25, 0.3) is 0 Å². The second-order valence-corrected chi connectivity index (χ2v) is 7.92. The van der Waals surface area contributed by atoms with Gasteiger partial charge in [-0.05, 0) is 51.0 Å². The predicted molar refractivity (Wildman–Crippen MR) is 126 cm³/mol. The van der Waals surface area contributed by atoms with E-state index in [0.717, 1.165) is 61.2 Å². The molecule has 0 radical (unpaired) electrons. The van der Waals surface area contributed by atoms with Gasteiger partial charge >= 0.3 is 0 Å². The molecule has 1 unspecified atom stereocenters. The number of fused-ring (bicyclic) bond motifs is 1. The number of aliphatic imine (C=N–C) groups is 1. The number of rotatable bonds is 6. The molecule has 1 aliphatic heterocycles. The van der Waals surface area contributed by atoms with Crippen molar-refractivity contribution < 1.29 is 4.74 Å². The van der Waals surface area contributed by atoms with Gasteiger partial charge < -0.3 is 24.7 Å². The molecule has 1 aromatic carbocycles. The summed E-state index contributed by atoms with van der Waals surface area (Å²) in [5.41, 5.74) is 4.25. The van der Waals surface area contributed by atoms with Crippen molar-refractivity contribution >= 4 is 17.3 Å². The molecule has 1 saturated heterocycles. The second-order valence-electron chi connectivity index (χ2n) is 7.92. The molecule has 2 N–H and O–H groups in total. The normalized spacial score (nSPS) is 17.1. The molecule has 0 bridgehead atoms. The average molecular weight is 421 g/mol. The van der Waals surface area contributed by atoms with E-state index in [2.05, 4.69) is 58.2 Å². The van der Waals surface area contributed by atoms with Gasteiger partial charge in [0.05, 0.1) is 25.0 Å². The Hall–Kier alpha value is -3.22. The molecule has 0 aliphatic carbocycles. The quantitative estimate of drug-likeness (QED) is 0.473. The third-order valence-electron chi connectivity index (χ3n) is 5.68. The van der Waals surface area contributed by atoms with Crippen LogP contribution in [0.5, 0.6) is 5.75 Å². The molecular weight excluding hydrogens is 388 g/mol. The molecular formula is C24H32N6O. The van der Waals surface area contributed by atoms with Crippen LogP contribution < -0.4 is 20.3 Å². The Morgan fingerprint density at radius 1 is 1.23 bits per heavy atom. The van der Waals surface area contributed by atoms with Gasteiger partial charge in [0.15, 0.2) is 5.96 Å². The van der Waals surface area contributed by atoms with Crippen molar-refractivity contribution in [3.63, 3.8) is 0 Å². The summed E-state index contributed by atoms with van der Waals surface area (Å²) >= 11 is 0. The van der Waals surface area contributed by atoms with E-state index in [1.807, 2.05) is 24.3 Å². The van der Waals surface area contributed by atoms with E-state index in [4.69, 9.17) is 14.7 Å². The number of nitrogens with zero attached hydrogens (tertiary/aromatic N) is 4. The number of guanidine groups is 1. The largest absolute Gasteiger partial charge is 0.495 e. The molecule has 0 saturated carbocycles. The number of hydrogen-bond acceptors (Lipinski definition) is 4. The maximum Gasteiger partial charge on any atom is 0.191 e. The molecule has 7 heteroatoms. The zero-order valence-electron chi connectivity index (χ0n) is 18.6. The topological polar surface area (TPSA) is 66.2 Å². The van der Waals surface area contributed by atoms with E-state index < -0.39 is 0 Å². The van der Waals surface area contributed by atoms with Crippen LogP contribution in [-0.4, -0.2) is 48.1 Å². The highest BCUT2D eigenvalue weighted by Crippen LogP contribution is 2.29. The number of anilines is 1. The van der Waals surface area contributed by atoms with Crippen LogP contribution in [0.25, 0.3) is 5.65 Å². The van der Waals surface area contributed by atoms with E-state index in [1.165, 1.54) is 5.69 Å². The first-order valence-corrected chi connectivity index (χ1v) is 11.0. The third kappa shape index (κ3) is 4.93. The molecule has 7 nitrogen and oxygen atoms in total. The Morgan fingerprint density at radius 2 is 2.10 bits per heavy atom. The molecule has 1 aliphatic rings. The lowest BCUT2D eigenvalue weighted by molar-refractivity contribution is 0.408. The van der Waals surface area contributed by atoms with Crippen LogP contribution in [0.1, 0.15) is 31.2 Å². The van der Waals surface area contributed by atoms with Gasteiger partial charge in [0.2, 0.25) is 0 Å². The molecule has 164 valence electrons. The summed E-state index contributed by atoms with van der Waals surface area (Å²) in [6.07, 6.45) is 4.31. The number of ether oxygens (including phenoxy) is 1. The van der Waals surface area contributed by atoms with Crippen molar-refractivity contribution in [1.82, 2.24) is 20.0 Å². The van der Waals surface area contributed by atoms with Crippen LogP contribution in [0.15, 0.2) is 53.7 Å². The van der Waals surface area contributed by atoms with Gasteiger partial charge in [-0.1, -0.05) is 18.2 Å². The number of aryl methyl sites for hydroxylation is 1. The van der Waals surface area contributed by atoms with Gasteiger partial charge in [0.1, 0.15) is 11.4 Å². The van der Waals surface area contributed by atoms with Crippen LogP contribution >= 0.6 is 0 Å². The summed E-state index contributed by atoms with van der Waals surface area (Å²) < 4.78 is 7.68. The lowest BCUT2D eigenvalue weighted by Crippen LogP contribution is -2.51. The Kier molecular flexibility index (Phi) is 6.60. The number of aromatic nitrogens is 2. The van der Waals surface area contributed by atoms with Crippen molar-refractivity contribution in [2.75, 3.05) is 31.6 Å². The summed E-state index contributed by atoms with van der Waals surface area (Å²) in [4.78, 5) is 11.9. The number of para-hydroxylation sites is 2. The fourth-order valence-corrected chi connectivity index (χ4v) is 4.15. The molecule has 3 aromatic rings. The van der Waals surface area contributed by atoms with Crippen LogP contribution in [0, 0.1) is 6.92 Å². The second kappa shape index (κ2) is 9.73. The van der Waals surface area contributed by atoms with Crippen molar-refractivity contribution in [3.8, 4) is 5.75 Å². The standard InChI is InChI=1S/C24H32N6O/c1-4-25-24(26-15-20-17-30-18(2)9-7-13-23(30)27-20)28-19-10-8-14-29(16-19)21-11-5-6-12-22(21)31-3/h5-7,9,11-13,17,19H,4,8,10,14-16H2,1-3H3,(H2,25,26,28). The minimum atomic E-state index is 0.319. The van der Waals surface area contributed by atoms with E-state index in [-0.39, 0.29) is 0 Å². The van der Waals surface area contributed by atoms with Gasteiger partial charge in [0, 0.05) is 37.6 Å². The molecule has 0 amide bonds. The summed E-state index contributed by atoms with van der Waals surface area (Å²) in [6, 6.07) is 14.7. The smallest absolute Gasteiger partial charge is 0.191 e. The maximum atomic E-state index is 5.57. The van der Waals surface area contributed by atoms with Crippen LogP contribution in [0.4, 0.5) is 5.69 Å². The summed E-state index contributed by atoms with van der Waals surface area (Å²) in [7, 11) is 1.73. The molecule has 2 aromatic heterocycles. The van der Waals surface area contributed by atoms with Gasteiger partial charge in [-0.3, -0.25) is 0 Å². The predicted octanol–water partition coefficient (Wildman–Crippen LogP) is 3.38. The Bertz CT molecular complexity index is 1040. The first-order valence-electron chi connectivity index (χ1n) is 11.0. The van der Waals surface area contributed by atoms with Crippen LogP contribution in [0.2, 0.25) is 0 Å². The summed E-state index contributed by atoms with van der Waals surface area (Å²) in [5, 5.41) is 7.01. The molecule has 1 fully saturated rings. The molecule has 0 spiro atoms. The SMILES string of the molecule is CCNC(=NCc1cn2c(C)cccc2n1)NC1CCCN(c2ccccc2OC)C1. The van der Waals surface area contributed by atoms with E-state index in [1.54, 1.807) is 7.11 Å². The van der Waals surface area contributed by atoms with Gasteiger partial charge in [-0.15, -0.1) is 0 Å². The number of pyridine rings is 1. The average Bonchev–Trinajstić information content (AvgIpc) is 3.22. The number of imidazole rings is 1. The molecule has 1 atom stereocenters. The monoisotopic (exact) mass is 420 g/mol. The van der Waals surface area contributed by atoms with E-state index in [0.29, 0.717) is 12.6 Å². The highest BCUT2D eigenvalue weighted by Gasteiger charge is 2.22. The number of piperidine rings is 1. The Morgan fingerprint density at radius 3 is 2.90 bits per heavy atom. The van der Waals surface area contributed by atoms with Crippen molar-refractivity contribution in [2.45, 2.75) is 39.3 Å². The highest BCUT2D eigenvalue weighted by molar-refractivity contribution is 5.80. The molecule has 3 heterocycles. The number of methoxy groups -OCH3 is 1.